The smallest absolute Gasteiger partial charge is 0.253 e. The molecule has 0 amide bonds. The van der Waals surface area contributed by atoms with Crippen molar-refractivity contribution in [2.75, 3.05) is 0 Å². The number of rotatable bonds is 4. The largest absolute Gasteiger partial charge is 0.302 e. The molecule has 1 aromatic rings. The van der Waals surface area contributed by atoms with Crippen LogP contribution in [0.5, 0.6) is 0 Å². The summed E-state index contributed by atoms with van der Waals surface area (Å²) in [5.74, 6) is -0.356. The maximum absolute atomic E-state index is 12.8. The summed E-state index contributed by atoms with van der Waals surface area (Å²) in [5.41, 5.74) is 0.669. The number of nitrogens with one attached hydrogen (secondary N) is 1. The van der Waals surface area contributed by atoms with Crippen LogP contribution < -0.4 is 5.32 Å². The second-order valence-corrected chi connectivity index (χ2v) is 3.57. The molecule has 0 heterocycles. The van der Waals surface area contributed by atoms with E-state index in [1.54, 1.807) is 19.1 Å². The summed E-state index contributed by atoms with van der Waals surface area (Å²) < 4.78 is 37.3. The first-order valence-corrected chi connectivity index (χ1v) is 4.80. The highest BCUT2D eigenvalue weighted by Crippen LogP contribution is 2.15. The van der Waals surface area contributed by atoms with Gasteiger partial charge in [0.05, 0.1) is 6.04 Å². The van der Waals surface area contributed by atoms with Crippen molar-refractivity contribution < 1.29 is 13.2 Å². The molecule has 0 aliphatic rings. The maximum atomic E-state index is 12.8. The average molecular weight is 217 g/mol. The lowest BCUT2D eigenvalue weighted by molar-refractivity contribution is 0.101. The van der Waals surface area contributed by atoms with Gasteiger partial charge in [0.15, 0.2) is 0 Å². The van der Waals surface area contributed by atoms with E-state index in [1.165, 1.54) is 19.1 Å². The van der Waals surface area contributed by atoms with Gasteiger partial charge in [-0.2, -0.15) is 0 Å². The third-order valence-corrected chi connectivity index (χ3v) is 2.24. The highest BCUT2D eigenvalue weighted by molar-refractivity contribution is 5.19. The van der Waals surface area contributed by atoms with E-state index < -0.39 is 12.5 Å². The van der Waals surface area contributed by atoms with Crippen LogP contribution in [0, 0.1) is 5.82 Å². The van der Waals surface area contributed by atoms with Gasteiger partial charge in [-0.15, -0.1) is 0 Å². The molecule has 0 bridgehead atoms. The third kappa shape index (κ3) is 3.55. The zero-order chi connectivity index (χ0) is 11.4. The lowest BCUT2D eigenvalue weighted by Crippen LogP contribution is -2.34. The van der Waals surface area contributed by atoms with Crippen LogP contribution in [0.2, 0.25) is 0 Å². The van der Waals surface area contributed by atoms with Crippen molar-refractivity contribution in [3.8, 4) is 0 Å². The van der Waals surface area contributed by atoms with Crippen LogP contribution in [0.4, 0.5) is 13.2 Å². The molecule has 1 N–H and O–H groups in total. The van der Waals surface area contributed by atoms with Crippen molar-refractivity contribution in [1.82, 2.24) is 5.32 Å². The third-order valence-electron chi connectivity index (χ3n) is 2.24. The van der Waals surface area contributed by atoms with Crippen LogP contribution in [0.25, 0.3) is 0 Å². The molecule has 0 spiro atoms. The minimum atomic E-state index is -2.42. The van der Waals surface area contributed by atoms with E-state index in [-0.39, 0.29) is 11.9 Å². The van der Waals surface area contributed by atoms with Crippen LogP contribution in [0.3, 0.4) is 0 Å². The van der Waals surface area contributed by atoms with E-state index in [9.17, 15) is 13.2 Å². The van der Waals surface area contributed by atoms with Crippen molar-refractivity contribution in [1.29, 1.82) is 0 Å². The molecule has 1 nitrogen and oxygen atoms in total. The Balaban J connectivity index is 2.64. The minimum Gasteiger partial charge on any atom is -0.302 e. The lowest BCUT2D eigenvalue weighted by atomic mass is 10.1. The van der Waals surface area contributed by atoms with Crippen LogP contribution in [0.1, 0.15) is 25.5 Å². The van der Waals surface area contributed by atoms with Crippen molar-refractivity contribution >= 4 is 0 Å². The normalized spacial score (nSPS) is 15.3. The number of hydrogen-bond acceptors (Lipinski definition) is 1. The summed E-state index contributed by atoms with van der Waals surface area (Å²) in [6.45, 7) is 3.13. The summed E-state index contributed by atoms with van der Waals surface area (Å²) in [6, 6.07) is 4.75. The summed E-state index contributed by atoms with van der Waals surface area (Å²) in [4.78, 5) is 0. The number of halogens is 3. The van der Waals surface area contributed by atoms with E-state index in [2.05, 4.69) is 5.32 Å². The Bertz CT molecular complexity index is 314. The fourth-order valence-electron chi connectivity index (χ4n) is 1.34. The van der Waals surface area contributed by atoms with Gasteiger partial charge in [0.2, 0.25) is 0 Å². The van der Waals surface area contributed by atoms with Gasteiger partial charge < -0.3 is 5.32 Å². The molecule has 0 radical (unpaired) electrons. The zero-order valence-electron chi connectivity index (χ0n) is 8.68. The Morgan fingerprint density at radius 1 is 1.20 bits per heavy atom. The first-order chi connectivity index (χ1) is 7.00. The standard InChI is InChI=1S/C11H14F3N/c1-7(15-8(2)11(13)14)9-4-3-5-10(12)6-9/h3-8,11,15H,1-2H3. The second-order valence-electron chi connectivity index (χ2n) is 3.57. The molecular formula is C11H14F3N. The molecule has 1 rings (SSSR count). The first kappa shape index (κ1) is 12.0. The summed E-state index contributed by atoms with van der Waals surface area (Å²) in [5, 5.41) is 2.71. The van der Waals surface area contributed by atoms with Crippen LogP contribution in [-0.4, -0.2) is 12.5 Å². The van der Waals surface area contributed by atoms with E-state index in [0.29, 0.717) is 5.56 Å². The van der Waals surface area contributed by atoms with Gasteiger partial charge in [-0.05, 0) is 31.5 Å². The molecule has 2 atom stereocenters. The summed E-state index contributed by atoms with van der Waals surface area (Å²) in [7, 11) is 0. The van der Waals surface area contributed by atoms with E-state index in [1.807, 2.05) is 0 Å². The van der Waals surface area contributed by atoms with Crippen molar-refractivity contribution in [3.05, 3.63) is 35.6 Å². The SMILES string of the molecule is CC(NC(C)C(F)F)c1cccc(F)c1. The van der Waals surface area contributed by atoms with Crippen LogP contribution in [-0.2, 0) is 0 Å². The van der Waals surface area contributed by atoms with Crippen molar-refractivity contribution in [2.45, 2.75) is 32.4 Å². The Morgan fingerprint density at radius 3 is 2.40 bits per heavy atom. The Hall–Kier alpha value is -1.03. The second kappa shape index (κ2) is 5.16. The molecule has 4 heteroatoms. The maximum Gasteiger partial charge on any atom is 0.253 e. The van der Waals surface area contributed by atoms with Crippen LogP contribution in [0.15, 0.2) is 24.3 Å². The molecule has 0 aromatic heterocycles. The molecule has 0 aliphatic carbocycles. The van der Waals surface area contributed by atoms with E-state index in [4.69, 9.17) is 0 Å². The summed E-state index contributed by atoms with van der Waals surface area (Å²) >= 11 is 0. The lowest BCUT2D eigenvalue weighted by Gasteiger charge is -2.19. The van der Waals surface area contributed by atoms with Gasteiger partial charge in [-0.3, -0.25) is 0 Å². The monoisotopic (exact) mass is 217 g/mol. The van der Waals surface area contributed by atoms with Gasteiger partial charge in [0.25, 0.3) is 6.43 Å². The van der Waals surface area contributed by atoms with Gasteiger partial charge in [0, 0.05) is 6.04 Å². The topological polar surface area (TPSA) is 12.0 Å². The van der Waals surface area contributed by atoms with Gasteiger partial charge in [-0.25, -0.2) is 13.2 Å². The van der Waals surface area contributed by atoms with E-state index >= 15 is 0 Å². The fraction of sp³-hybridized carbons (Fsp3) is 0.455. The zero-order valence-corrected chi connectivity index (χ0v) is 8.68. The summed E-state index contributed by atoms with van der Waals surface area (Å²) in [6.07, 6.45) is -2.42. The Labute approximate surface area is 87.3 Å². The Kier molecular flexibility index (Phi) is 4.15. The number of hydrogen-bond donors (Lipinski definition) is 1. The fourth-order valence-corrected chi connectivity index (χ4v) is 1.34. The van der Waals surface area contributed by atoms with E-state index in [0.717, 1.165) is 0 Å². The van der Waals surface area contributed by atoms with Gasteiger partial charge >= 0.3 is 0 Å². The molecule has 1 aromatic carbocycles. The molecule has 2 unspecified atom stereocenters. The average Bonchev–Trinajstić information content (AvgIpc) is 2.17. The molecule has 84 valence electrons. The molecule has 0 saturated heterocycles. The predicted octanol–water partition coefficient (Wildman–Crippen LogP) is 3.13. The highest BCUT2D eigenvalue weighted by atomic mass is 19.3. The van der Waals surface area contributed by atoms with Crippen molar-refractivity contribution in [3.63, 3.8) is 0 Å². The molecule has 0 aliphatic heterocycles. The minimum absolute atomic E-state index is 0.287. The Morgan fingerprint density at radius 2 is 1.87 bits per heavy atom. The molecule has 15 heavy (non-hydrogen) atoms. The van der Waals surface area contributed by atoms with Crippen molar-refractivity contribution in [2.24, 2.45) is 0 Å². The molecular weight excluding hydrogens is 203 g/mol. The first-order valence-electron chi connectivity index (χ1n) is 4.80. The van der Waals surface area contributed by atoms with Gasteiger partial charge in [-0.1, -0.05) is 12.1 Å². The van der Waals surface area contributed by atoms with Crippen LogP contribution >= 0.6 is 0 Å². The highest BCUT2D eigenvalue weighted by Gasteiger charge is 2.17. The number of benzene rings is 1. The predicted molar refractivity (Wildman–Crippen MR) is 53.4 cm³/mol. The molecule has 0 fully saturated rings. The van der Waals surface area contributed by atoms with Gasteiger partial charge in [0.1, 0.15) is 5.82 Å². The number of alkyl halides is 2. The molecule has 0 saturated carbocycles. The quantitative estimate of drug-likeness (QED) is 0.817.